The van der Waals surface area contributed by atoms with Crippen LogP contribution in [0.4, 0.5) is 0 Å². The molecule has 4 N–H and O–H groups in total. The second-order valence-corrected chi connectivity index (χ2v) is 4.86. The van der Waals surface area contributed by atoms with Crippen molar-refractivity contribution in [2.75, 3.05) is 0 Å². The number of hydrogen-bond donors (Lipinski definition) is 3. The van der Waals surface area contributed by atoms with Gasteiger partial charge in [-0.1, -0.05) is 30.3 Å². The average molecular weight is 234 g/mol. The molecule has 0 bridgehead atoms. The van der Waals surface area contributed by atoms with Gasteiger partial charge in [0.25, 0.3) is 0 Å². The van der Waals surface area contributed by atoms with E-state index in [1.165, 1.54) is 0 Å². The lowest BCUT2D eigenvalue weighted by molar-refractivity contribution is -0.128. The van der Waals surface area contributed by atoms with Crippen LogP contribution >= 0.6 is 0 Å². The third-order valence-electron chi connectivity index (χ3n) is 3.29. The Hall–Kier alpha value is -1.39. The minimum atomic E-state index is -1.03. The normalized spacial score (nSPS) is 26.8. The van der Waals surface area contributed by atoms with Gasteiger partial charge in [0.2, 0.25) is 5.91 Å². The third kappa shape index (κ3) is 2.48. The van der Waals surface area contributed by atoms with Crippen LogP contribution in [0, 0.1) is 0 Å². The Balaban J connectivity index is 2.02. The summed E-state index contributed by atoms with van der Waals surface area (Å²) in [7, 11) is 0. The van der Waals surface area contributed by atoms with Crippen molar-refractivity contribution in [2.24, 2.45) is 5.73 Å². The molecule has 0 heterocycles. The molecular weight excluding hydrogens is 216 g/mol. The maximum atomic E-state index is 12.1. The molecule has 4 heteroatoms. The van der Waals surface area contributed by atoms with Gasteiger partial charge in [-0.2, -0.15) is 0 Å². The molecule has 0 aromatic heterocycles. The van der Waals surface area contributed by atoms with E-state index < -0.39 is 5.54 Å². The average Bonchev–Trinajstić information content (AvgIpc) is 2.28. The van der Waals surface area contributed by atoms with E-state index in [9.17, 15) is 4.79 Å². The van der Waals surface area contributed by atoms with Crippen LogP contribution in [0.5, 0.6) is 0 Å². The van der Waals surface area contributed by atoms with Crippen LogP contribution in [0.25, 0.3) is 0 Å². The van der Waals surface area contributed by atoms with E-state index in [4.69, 9.17) is 10.8 Å². The maximum Gasteiger partial charge on any atom is 0.244 e. The molecule has 0 radical (unpaired) electrons. The molecule has 1 unspecified atom stereocenters. The summed E-state index contributed by atoms with van der Waals surface area (Å²) < 4.78 is 0. The van der Waals surface area contributed by atoms with Crippen LogP contribution < -0.4 is 11.1 Å². The molecule has 1 amide bonds. The van der Waals surface area contributed by atoms with Gasteiger partial charge < -0.3 is 16.2 Å². The van der Waals surface area contributed by atoms with E-state index in [0.717, 1.165) is 5.56 Å². The van der Waals surface area contributed by atoms with Crippen LogP contribution in [0.3, 0.4) is 0 Å². The van der Waals surface area contributed by atoms with Gasteiger partial charge in [-0.15, -0.1) is 0 Å². The Bertz CT molecular complexity index is 397. The zero-order valence-corrected chi connectivity index (χ0v) is 9.89. The number of carbonyl (C=O) groups excluding carboxylic acids is 1. The molecule has 1 aromatic carbocycles. The summed E-state index contributed by atoms with van der Waals surface area (Å²) in [5.74, 6) is -0.194. The summed E-state index contributed by atoms with van der Waals surface area (Å²) in [5, 5.41) is 12.0. The molecule has 1 aliphatic carbocycles. The summed E-state index contributed by atoms with van der Waals surface area (Å²) in [4.78, 5) is 12.1. The minimum Gasteiger partial charge on any atom is -0.393 e. The van der Waals surface area contributed by atoms with Gasteiger partial charge >= 0.3 is 0 Å². The molecule has 17 heavy (non-hydrogen) atoms. The fourth-order valence-corrected chi connectivity index (χ4v) is 1.96. The number of benzene rings is 1. The zero-order chi connectivity index (χ0) is 12.5. The molecule has 0 spiro atoms. The number of nitrogens with one attached hydrogen (secondary N) is 1. The predicted molar refractivity (Wildman–Crippen MR) is 65.2 cm³/mol. The van der Waals surface area contributed by atoms with Crippen molar-refractivity contribution in [3.8, 4) is 0 Å². The lowest BCUT2D eigenvalue weighted by atomic mass is 9.87. The van der Waals surface area contributed by atoms with Gasteiger partial charge in [0, 0.05) is 6.04 Å². The zero-order valence-electron chi connectivity index (χ0n) is 9.89. The molecule has 1 aromatic rings. The highest BCUT2D eigenvalue weighted by atomic mass is 16.3. The minimum absolute atomic E-state index is 0.0593. The van der Waals surface area contributed by atoms with Crippen LogP contribution in [0.1, 0.15) is 25.3 Å². The van der Waals surface area contributed by atoms with Crippen molar-refractivity contribution in [3.05, 3.63) is 35.9 Å². The highest BCUT2D eigenvalue weighted by Crippen LogP contribution is 2.22. The molecule has 0 saturated heterocycles. The van der Waals surface area contributed by atoms with Crippen LogP contribution in [-0.2, 0) is 10.3 Å². The Labute approximate surface area is 101 Å². The summed E-state index contributed by atoms with van der Waals surface area (Å²) in [5.41, 5.74) is 5.83. The number of amides is 1. The molecule has 4 nitrogen and oxygen atoms in total. The number of aliphatic hydroxyl groups is 1. The van der Waals surface area contributed by atoms with E-state index in [-0.39, 0.29) is 18.1 Å². The Kier molecular flexibility index (Phi) is 3.17. The van der Waals surface area contributed by atoms with Gasteiger partial charge in [0.15, 0.2) is 0 Å². The van der Waals surface area contributed by atoms with Crippen molar-refractivity contribution in [3.63, 3.8) is 0 Å². The van der Waals surface area contributed by atoms with Gasteiger partial charge in [-0.25, -0.2) is 0 Å². The standard InChI is InChI=1S/C13H18N2O2/c1-13(14,9-5-3-2-4-6-9)12(17)15-10-7-11(16)8-10/h2-6,10-11,16H,7-8,14H2,1H3,(H,15,17). The van der Waals surface area contributed by atoms with Gasteiger partial charge in [0.05, 0.1) is 6.10 Å². The first-order valence-corrected chi connectivity index (χ1v) is 5.83. The molecule has 0 aliphatic heterocycles. The number of aliphatic hydroxyl groups excluding tert-OH is 1. The Morgan fingerprint density at radius 2 is 2.00 bits per heavy atom. The first-order valence-electron chi connectivity index (χ1n) is 5.83. The molecule has 2 rings (SSSR count). The van der Waals surface area contributed by atoms with Crippen LogP contribution in [0.2, 0.25) is 0 Å². The predicted octanol–water partition coefficient (Wildman–Crippen LogP) is 0.500. The highest BCUT2D eigenvalue weighted by Gasteiger charge is 2.35. The van der Waals surface area contributed by atoms with Crippen molar-refractivity contribution in [1.29, 1.82) is 0 Å². The molecular formula is C13H18N2O2. The van der Waals surface area contributed by atoms with Crippen molar-refractivity contribution >= 4 is 5.91 Å². The van der Waals surface area contributed by atoms with E-state index in [1.807, 2.05) is 30.3 Å². The highest BCUT2D eigenvalue weighted by molar-refractivity contribution is 5.87. The fraction of sp³-hybridized carbons (Fsp3) is 0.462. The molecule has 1 aliphatic rings. The number of rotatable bonds is 3. The third-order valence-corrected chi connectivity index (χ3v) is 3.29. The topological polar surface area (TPSA) is 75.4 Å². The van der Waals surface area contributed by atoms with Crippen molar-refractivity contribution in [2.45, 2.75) is 37.5 Å². The van der Waals surface area contributed by atoms with E-state index in [2.05, 4.69) is 5.32 Å². The van der Waals surface area contributed by atoms with E-state index in [1.54, 1.807) is 6.92 Å². The van der Waals surface area contributed by atoms with Crippen LogP contribution in [-0.4, -0.2) is 23.2 Å². The fourth-order valence-electron chi connectivity index (χ4n) is 1.96. The Morgan fingerprint density at radius 3 is 2.53 bits per heavy atom. The number of nitrogens with two attached hydrogens (primary N) is 1. The largest absolute Gasteiger partial charge is 0.393 e. The first-order chi connectivity index (χ1) is 8.00. The van der Waals surface area contributed by atoms with E-state index in [0.29, 0.717) is 12.8 Å². The second-order valence-electron chi connectivity index (χ2n) is 4.86. The summed E-state index contributed by atoms with van der Waals surface area (Å²) in [6, 6.07) is 9.36. The second kappa shape index (κ2) is 4.47. The SMILES string of the molecule is CC(N)(C(=O)NC1CC(O)C1)c1ccccc1. The molecule has 1 saturated carbocycles. The van der Waals surface area contributed by atoms with Gasteiger partial charge in [-0.05, 0) is 25.3 Å². The smallest absolute Gasteiger partial charge is 0.244 e. The van der Waals surface area contributed by atoms with Crippen molar-refractivity contribution in [1.82, 2.24) is 5.32 Å². The summed E-state index contributed by atoms with van der Waals surface area (Å²) >= 11 is 0. The number of hydrogen-bond acceptors (Lipinski definition) is 3. The molecule has 92 valence electrons. The van der Waals surface area contributed by atoms with Crippen LogP contribution in [0.15, 0.2) is 30.3 Å². The first kappa shape index (κ1) is 12.1. The van der Waals surface area contributed by atoms with E-state index >= 15 is 0 Å². The number of carbonyl (C=O) groups is 1. The quantitative estimate of drug-likeness (QED) is 0.713. The van der Waals surface area contributed by atoms with Gasteiger partial charge in [0.1, 0.15) is 5.54 Å². The Morgan fingerprint density at radius 1 is 1.41 bits per heavy atom. The molecule has 1 fully saturated rings. The molecule has 1 atom stereocenters. The summed E-state index contributed by atoms with van der Waals surface area (Å²) in [6.45, 7) is 1.70. The lowest BCUT2D eigenvalue weighted by Crippen LogP contribution is -2.55. The van der Waals surface area contributed by atoms with Gasteiger partial charge in [-0.3, -0.25) is 4.79 Å². The monoisotopic (exact) mass is 234 g/mol. The van der Waals surface area contributed by atoms with Crippen molar-refractivity contribution < 1.29 is 9.90 Å². The maximum absolute atomic E-state index is 12.1. The lowest BCUT2D eigenvalue weighted by Gasteiger charge is -2.35. The summed E-state index contributed by atoms with van der Waals surface area (Å²) in [6.07, 6.45) is 0.966.